The topological polar surface area (TPSA) is 84.0 Å². The number of anilines is 2. The second kappa shape index (κ2) is 10.1. The van der Waals surface area contributed by atoms with Gasteiger partial charge in [-0.25, -0.2) is 4.90 Å². The third-order valence-electron chi connectivity index (χ3n) is 6.83. The van der Waals surface area contributed by atoms with Gasteiger partial charge in [-0.1, -0.05) is 64.1 Å². The molecule has 200 valence electrons. The molecule has 3 aromatic carbocycles. The van der Waals surface area contributed by atoms with E-state index in [-0.39, 0.29) is 61.5 Å². The number of hydrogen-bond donors (Lipinski definition) is 0. The molecule has 5 rings (SSSR count). The molecular formula is C28H20Cl4N2O5. The summed E-state index contributed by atoms with van der Waals surface area (Å²) >= 11 is 24.6. The van der Waals surface area contributed by atoms with E-state index in [0.29, 0.717) is 5.56 Å². The van der Waals surface area contributed by atoms with Crippen molar-refractivity contribution in [2.24, 2.45) is 5.92 Å². The second-order valence-electron chi connectivity index (χ2n) is 9.52. The molecule has 2 aliphatic rings. The summed E-state index contributed by atoms with van der Waals surface area (Å²) in [6.07, 6.45) is 0.0326. The standard InChI is InChI=1S/C28H20Cl4N2O5/c1-12-4-6-17(13(2)8-12)33-11-15(10-19(33)35)28(38)39-16-5-7-18(14(3)9-16)34-26(36)20-21(27(34)37)23(30)25(32)24(31)22(20)29/h4-9,15H,10-11H2,1-3H3/t15-/m1/s1. The fourth-order valence-electron chi connectivity index (χ4n) is 4.92. The Hall–Kier alpha value is -3.10. The summed E-state index contributed by atoms with van der Waals surface area (Å²) in [5.74, 6) is -2.55. The number of ether oxygens (including phenoxy) is 1. The number of rotatable bonds is 4. The first-order valence-corrected chi connectivity index (χ1v) is 13.4. The minimum absolute atomic E-state index is 0.0326. The highest BCUT2D eigenvalue weighted by molar-refractivity contribution is 6.56. The zero-order chi connectivity index (χ0) is 28.3. The van der Waals surface area contributed by atoms with Gasteiger partial charge in [0.1, 0.15) is 5.75 Å². The van der Waals surface area contributed by atoms with E-state index in [0.717, 1.165) is 21.7 Å². The molecular weight excluding hydrogens is 586 g/mol. The zero-order valence-corrected chi connectivity index (χ0v) is 23.9. The summed E-state index contributed by atoms with van der Waals surface area (Å²) in [5, 5.41) is -0.562. The number of nitrogens with zero attached hydrogens (tertiary/aromatic N) is 2. The van der Waals surface area contributed by atoms with Crippen molar-refractivity contribution in [2.75, 3.05) is 16.3 Å². The number of benzene rings is 3. The largest absolute Gasteiger partial charge is 0.426 e. The van der Waals surface area contributed by atoms with Gasteiger partial charge in [0.25, 0.3) is 11.8 Å². The Balaban J connectivity index is 1.35. The molecule has 1 fully saturated rings. The van der Waals surface area contributed by atoms with Crippen molar-refractivity contribution in [3.63, 3.8) is 0 Å². The van der Waals surface area contributed by atoms with Crippen LogP contribution in [0.1, 0.15) is 43.8 Å². The Morgan fingerprint density at radius 1 is 0.795 bits per heavy atom. The average molecular weight is 606 g/mol. The molecule has 0 unspecified atom stereocenters. The van der Waals surface area contributed by atoms with Crippen LogP contribution in [0.5, 0.6) is 5.75 Å². The Bertz CT molecular complexity index is 1570. The van der Waals surface area contributed by atoms with Crippen molar-refractivity contribution in [2.45, 2.75) is 27.2 Å². The molecule has 0 bridgehead atoms. The molecule has 0 N–H and O–H groups in total. The number of hydrogen-bond acceptors (Lipinski definition) is 5. The number of carbonyl (C=O) groups excluding carboxylic acids is 4. The van der Waals surface area contributed by atoms with E-state index < -0.39 is 23.7 Å². The van der Waals surface area contributed by atoms with Crippen LogP contribution in [0.2, 0.25) is 20.1 Å². The molecule has 0 radical (unpaired) electrons. The van der Waals surface area contributed by atoms with Crippen LogP contribution in [-0.4, -0.2) is 30.2 Å². The maximum atomic E-state index is 13.2. The molecule has 1 atom stereocenters. The minimum atomic E-state index is -0.704. The van der Waals surface area contributed by atoms with E-state index in [4.69, 9.17) is 51.1 Å². The summed E-state index contributed by atoms with van der Waals surface area (Å²) in [6.45, 7) is 5.76. The van der Waals surface area contributed by atoms with Crippen LogP contribution in [0.25, 0.3) is 0 Å². The summed E-state index contributed by atoms with van der Waals surface area (Å²) in [4.78, 5) is 54.5. The van der Waals surface area contributed by atoms with Gasteiger partial charge in [-0.05, 0) is 56.2 Å². The van der Waals surface area contributed by atoms with E-state index in [1.54, 1.807) is 11.8 Å². The molecule has 0 spiro atoms. The van der Waals surface area contributed by atoms with Gasteiger partial charge in [0.2, 0.25) is 5.91 Å². The molecule has 7 nitrogen and oxygen atoms in total. The van der Waals surface area contributed by atoms with Crippen molar-refractivity contribution in [1.29, 1.82) is 0 Å². The molecule has 3 amide bonds. The van der Waals surface area contributed by atoms with Crippen LogP contribution in [-0.2, 0) is 9.59 Å². The number of esters is 1. The highest BCUT2D eigenvalue weighted by atomic mass is 35.5. The van der Waals surface area contributed by atoms with Gasteiger partial charge < -0.3 is 9.64 Å². The number of fused-ring (bicyclic) bond motifs is 1. The Kier molecular flexibility index (Phi) is 7.14. The fraction of sp³-hybridized carbons (Fsp3) is 0.214. The molecule has 3 aromatic rings. The molecule has 11 heteroatoms. The molecule has 39 heavy (non-hydrogen) atoms. The van der Waals surface area contributed by atoms with Crippen molar-refractivity contribution >= 4 is 81.5 Å². The first-order valence-electron chi connectivity index (χ1n) is 11.8. The first kappa shape index (κ1) is 27.5. The lowest BCUT2D eigenvalue weighted by molar-refractivity contribution is -0.139. The number of halogens is 4. The smallest absolute Gasteiger partial charge is 0.316 e. The van der Waals surface area contributed by atoms with Gasteiger partial charge in [0, 0.05) is 18.7 Å². The second-order valence-corrected chi connectivity index (χ2v) is 11.0. The van der Waals surface area contributed by atoms with Crippen LogP contribution in [0.3, 0.4) is 0 Å². The summed E-state index contributed by atoms with van der Waals surface area (Å²) in [5.41, 5.74) is 3.26. The van der Waals surface area contributed by atoms with Crippen LogP contribution in [0, 0.1) is 26.7 Å². The van der Waals surface area contributed by atoms with E-state index in [9.17, 15) is 19.2 Å². The third-order valence-corrected chi connectivity index (χ3v) is 8.63. The number of imide groups is 1. The normalized spacial score (nSPS) is 16.8. The minimum Gasteiger partial charge on any atom is -0.426 e. The molecule has 0 aromatic heterocycles. The van der Waals surface area contributed by atoms with Gasteiger partial charge in [-0.15, -0.1) is 0 Å². The average Bonchev–Trinajstić information content (AvgIpc) is 3.38. The molecule has 2 aliphatic heterocycles. The van der Waals surface area contributed by atoms with E-state index in [2.05, 4.69) is 0 Å². The highest BCUT2D eigenvalue weighted by Gasteiger charge is 2.43. The maximum absolute atomic E-state index is 13.2. The number of aryl methyl sites for hydroxylation is 3. The van der Waals surface area contributed by atoms with Crippen molar-refractivity contribution in [3.8, 4) is 5.75 Å². The molecule has 0 aliphatic carbocycles. The number of amides is 3. The van der Waals surface area contributed by atoms with Crippen LogP contribution in [0.15, 0.2) is 36.4 Å². The maximum Gasteiger partial charge on any atom is 0.316 e. The SMILES string of the molecule is Cc1ccc(N2C[C@H](C(=O)Oc3ccc(N4C(=O)c5c(Cl)c(Cl)c(Cl)c(Cl)c5C4=O)c(C)c3)CC2=O)c(C)c1. The lowest BCUT2D eigenvalue weighted by Gasteiger charge is -2.19. The Morgan fingerprint density at radius 3 is 1.92 bits per heavy atom. The van der Waals surface area contributed by atoms with E-state index >= 15 is 0 Å². The Labute approximate surface area is 244 Å². The first-order chi connectivity index (χ1) is 18.4. The third kappa shape index (κ3) is 4.57. The Morgan fingerprint density at radius 2 is 1.36 bits per heavy atom. The monoisotopic (exact) mass is 604 g/mol. The van der Waals surface area contributed by atoms with Gasteiger partial charge in [-0.3, -0.25) is 19.2 Å². The van der Waals surface area contributed by atoms with Gasteiger partial charge in [0.15, 0.2) is 0 Å². The van der Waals surface area contributed by atoms with Gasteiger partial charge >= 0.3 is 5.97 Å². The fourth-order valence-corrected chi connectivity index (χ4v) is 5.93. The highest BCUT2D eigenvalue weighted by Crippen LogP contribution is 2.46. The lowest BCUT2D eigenvalue weighted by atomic mass is 10.1. The summed E-state index contributed by atoms with van der Waals surface area (Å²) in [7, 11) is 0. The van der Waals surface area contributed by atoms with Gasteiger partial charge in [-0.2, -0.15) is 0 Å². The van der Waals surface area contributed by atoms with E-state index in [1.165, 1.54) is 18.2 Å². The van der Waals surface area contributed by atoms with Crippen molar-refractivity contribution < 1.29 is 23.9 Å². The zero-order valence-electron chi connectivity index (χ0n) is 20.9. The number of carbonyl (C=O) groups is 4. The predicted octanol–water partition coefficient (Wildman–Crippen LogP) is 6.98. The van der Waals surface area contributed by atoms with Crippen molar-refractivity contribution in [3.05, 3.63) is 84.3 Å². The van der Waals surface area contributed by atoms with Crippen molar-refractivity contribution in [1.82, 2.24) is 0 Å². The quantitative estimate of drug-likeness (QED) is 0.105. The van der Waals surface area contributed by atoms with E-state index in [1.807, 2.05) is 32.0 Å². The summed E-state index contributed by atoms with van der Waals surface area (Å²) in [6, 6.07) is 10.2. The van der Waals surface area contributed by atoms with Crippen LogP contribution < -0.4 is 14.5 Å². The molecule has 1 saturated heterocycles. The lowest BCUT2D eigenvalue weighted by Crippen LogP contribution is -2.30. The van der Waals surface area contributed by atoms with Crippen LogP contribution in [0.4, 0.5) is 11.4 Å². The molecule has 2 heterocycles. The summed E-state index contributed by atoms with van der Waals surface area (Å²) < 4.78 is 5.58. The molecule has 0 saturated carbocycles. The van der Waals surface area contributed by atoms with Crippen LogP contribution >= 0.6 is 46.4 Å². The predicted molar refractivity (Wildman–Crippen MR) is 151 cm³/mol. The van der Waals surface area contributed by atoms with Gasteiger partial charge in [0.05, 0.1) is 42.8 Å².